The molecule has 1 amide bonds. The third-order valence-electron chi connectivity index (χ3n) is 7.62. The van der Waals surface area contributed by atoms with Crippen LogP contribution in [0.25, 0.3) is 11.1 Å². The van der Waals surface area contributed by atoms with Gasteiger partial charge in [0.1, 0.15) is 5.54 Å². The largest absolute Gasteiger partial charge is 0.445 e. The molecule has 0 aliphatic heterocycles. The van der Waals surface area contributed by atoms with Gasteiger partial charge in [0.15, 0.2) is 15.4 Å². The van der Waals surface area contributed by atoms with Gasteiger partial charge < -0.3 is 10.6 Å². The van der Waals surface area contributed by atoms with Gasteiger partial charge in [0.25, 0.3) is 5.91 Å². The summed E-state index contributed by atoms with van der Waals surface area (Å²) in [6.07, 6.45) is -8.44. The van der Waals surface area contributed by atoms with Gasteiger partial charge in [0.05, 0.1) is 16.9 Å². The number of nitrogens with one attached hydrogen (secondary N) is 1. The van der Waals surface area contributed by atoms with Crippen molar-refractivity contribution >= 4 is 15.7 Å². The summed E-state index contributed by atoms with van der Waals surface area (Å²) in [5.74, 6) is -4.42. The van der Waals surface area contributed by atoms with Crippen LogP contribution in [0.3, 0.4) is 0 Å². The SMILES string of the molecule is C[C@@H]([C@@H]1CC1([NH2+][C@@H](c1ccc(-c2ccc(S(C)(=O)=O)cc2)cc1)C(F)(F)F)C(=O)NC1(C#N)CC1)C(F)(F)F. The molecule has 2 aliphatic rings. The van der Waals surface area contributed by atoms with E-state index in [4.69, 9.17) is 0 Å². The summed E-state index contributed by atoms with van der Waals surface area (Å²) < 4.78 is 107. The molecule has 2 aromatic carbocycles. The molecule has 6 nitrogen and oxygen atoms in total. The Morgan fingerprint density at radius 3 is 1.92 bits per heavy atom. The molecule has 3 N–H and O–H groups in total. The Morgan fingerprint density at radius 2 is 1.51 bits per heavy atom. The zero-order valence-electron chi connectivity index (χ0n) is 20.9. The standard InChI is InChI=1S/C26H25F6N3O3S/c1-15(25(27,28)29)20-13-24(20,22(36)35-23(14-33)11-12-23)34-21(26(30,31)32)18-5-3-16(4-6-18)17-7-9-19(10-8-17)39(2,37)38/h3-10,15,20-21,34H,11-13H2,1-2H3,(H,35,36)/p+1/t15-,20-,21-,24?/m0/s1. The summed E-state index contributed by atoms with van der Waals surface area (Å²) in [6.45, 7) is 0.844. The monoisotopic (exact) mass is 574 g/mol. The first-order chi connectivity index (χ1) is 17.9. The Hall–Kier alpha value is -3.11. The number of nitrogens with zero attached hydrogens (tertiary/aromatic N) is 1. The summed E-state index contributed by atoms with van der Waals surface area (Å²) in [6, 6.07) is 10.4. The summed E-state index contributed by atoms with van der Waals surface area (Å²) in [5, 5.41) is 12.4. The number of carbonyl (C=O) groups is 1. The van der Waals surface area contributed by atoms with Crippen molar-refractivity contribution in [1.82, 2.24) is 5.32 Å². The second-order valence-electron chi connectivity index (χ2n) is 10.4. The van der Waals surface area contributed by atoms with E-state index in [0.29, 0.717) is 16.4 Å². The van der Waals surface area contributed by atoms with E-state index in [1.165, 1.54) is 48.5 Å². The minimum Gasteiger partial charge on any atom is -0.332 e. The van der Waals surface area contributed by atoms with Crippen molar-refractivity contribution in [2.24, 2.45) is 11.8 Å². The lowest BCUT2D eigenvalue weighted by Gasteiger charge is -2.27. The molecular formula is C26H26F6N3O3S+. The van der Waals surface area contributed by atoms with E-state index < -0.39 is 63.5 Å². The molecule has 4 atom stereocenters. The van der Waals surface area contributed by atoms with Crippen LogP contribution in [-0.2, 0) is 14.6 Å². The minimum atomic E-state index is -4.91. The number of carbonyl (C=O) groups excluding carboxylic acids is 1. The van der Waals surface area contributed by atoms with Crippen molar-refractivity contribution < 1.29 is 44.9 Å². The molecule has 0 bridgehead atoms. The van der Waals surface area contributed by atoms with Crippen LogP contribution in [0.1, 0.15) is 37.8 Å². The average molecular weight is 575 g/mol. The van der Waals surface area contributed by atoms with Gasteiger partial charge in [0.2, 0.25) is 6.04 Å². The predicted octanol–water partition coefficient (Wildman–Crippen LogP) is 4.05. The molecule has 0 radical (unpaired) electrons. The maximum absolute atomic E-state index is 14.3. The van der Waals surface area contributed by atoms with Crippen molar-refractivity contribution in [3.8, 4) is 17.2 Å². The van der Waals surface area contributed by atoms with E-state index in [1.807, 2.05) is 6.07 Å². The summed E-state index contributed by atoms with van der Waals surface area (Å²) >= 11 is 0. The second-order valence-corrected chi connectivity index (χ2v) is 12.4. The summed E-state index contributed by atoms with van der Waals surface area (Å²) in [4.78, 5) is 13.2. The fourth-order valence-corrected chi connectivity index (χ4v) is 5.49. The number of benzene rings is 2. The maximum atomic E-state index is 14.3. The van der Waals surface area contributed by atoms with Gasteiger partial charge in [-0.25, -0.2) is 8.42 Å². The zero-order chi connectivity index (χ0) is 29.0. The molecule has 4 rings (SSSR count). The smallest absolute Gasteiger partial charge is 0.332 e. The number of nitriles is 1. The van der Waals surface area contributed by atoms with Crippen LogP contribution < -0.4 is 10.6 Å². The first kappa shape index (κ1) is 28.9. The molecular weight excluding hydrogens is 548 g/mol. The first-order valence-corrected chi connectivity index (χ1v) is 13.9. The molecule has 2 saturated carbocycles. The molecule has 0 saturated heterocycles. The van der Waals surface area contributed by atoms with E-state index in [-0.39, 0.29) is 23.3 Å². The zero-order valence-corrected chi connectivity index (χ0v) is 21.7. The van der Waals surface area contributed by atoms with E-state index in [0.717, 1.165) is 13.2 Å². The van der Waals surface area contributed by atoms with Crippen molar-refractivity contribution in [3.05, 3.63) is 54.1 Å². The van der Waals surface area contributed by atoms with E-state index in [1.54, 1.807) is 0 Å². The van der Waals surface area contributed by atoms with Crippen molar-refractivity contribution in [1.29, 1.82) is 5.26 Å². The Labute approximate surface area is 221 Å². The number of alkyl halides is 6. The Bertz CT molecular complexity index is 1390. The minimum absolute atomic E-state index is 0.0784. The molecule has 210 valence electrons. The van der Waals surface area contributed by atoms with Crippen LogP contribution in [0.2, 0.25) is 0 Å². The van der Waals surface area contributed by atoms with Gasteiger partial charge in [-0.3, -0.25) is 4.79 Å². The molecule has 0 spiro atoms. The Balaban J connectivity index is 1.64. The van der Waals surface area contributed by atoms with Crippen LogP contribution in [0.5, 0.6) is 0 Å². The maximum Gasteiger partial charge on any atom is 0.445 e. The first-order valence-electron chi connectivity index (χ1n) is 12.1. The summed E-state index contributed by atoms with van der Waals surface area (Å²) in [7, 11) is -3.43. The quantitative estimate of drug-likeness (QED) is 0.465. The number of hydrogen-bond acceptors (Lipinski definition) is 4. The van der Waals surface area contributed by atoms with Gasteiger partial charge in [-0.2, -0.15) is 31.6 Å². The number of halogens is 6. The number of hydrogen-bond donors (Lipinski definition) is 2. The normalized spacial score (nSPS) is 23.8. The van der Waals surface area contributed by atoms with Gasteiger partial charge in [-0.1, -0.05) is 43.3 Å². The Kier molecular flexibility index (Phi) is 7.05. The number of rotatable bonds is 8. The molecule has 2 aromatic rings. The number of amides is 1. The van der Waals surface area contributed by atoms with Crippen LogP contribution >= 0.6 is 0 Å². The third-order valence-corrected chi connectivity index (χ3v) is 8.75. The van der Waals surface area contributed by atoms with Gasteiger partial charge in [-0.05, 0) is 36.1 Å². The highest BCUT2D eigenvalue weighted by atomic mass is 32.2. The average Bonchev–Trinajstić information content (AvgIpc) is 3.76. The molecule has 2 aliphatic carbocycles. The van der Waals surface area contributed by atoms with Crippen LogP contribution in [0.4, 0.5) is 26.3 Å². The van der Waals surface area contributed by atoms with Crippen LogP contribution in [-0.4, -0.2) is 44.0 Å². The van der Waals surface area contributed by atoms with Gasteiger partial charge in [-0.15, -0.1) is 0 Å². The number of nitrogens with two attached hydrogens (primary N) is 1. The van der Waals surface area contributed by atoms with E-state index in [2.05, 4.69) is 5.32 Å². The molecule has 0 aromatic heterocycles. The van der Waals surface area contributed by atoms with Crippen LogP contribution in [0, 0.1) is 23.2 Å². The summed E-state index contributed by atoms with van der Waals surface area (Å²) in [5.41, 5.74) is -2.52. The lowest BCUT2D eigenvalue weighted by atomic mass is 9.96. The van der Waals surface area contributed by atoms with Crippen LogP contribution in [0.15, 0.2) is 53.4 Å². The third kappa shape index (κ3) is 5.91. The second kappa shape index (κ2) is 9.52. The lowest BCUT2D eigenvalue weighted by molar-refractivity contribution is -0.753. The van der Waals surface area contributed by atoms with E-state index in [9.17, 15) is 44.8 Å². The van der Waals surface area contributed by atoms with Crippen molar-refractivity contribution in [2.75, 3.05) is 6.26 Å². The lowest BCUT2D eigenvalue weighted by Crippen LogP contribution is -2.98. The van der Waals surface area contributed by atoms with Crippen molar-refractivity contribution in [3.63, 3.8) is 0 Å². The molecule has 13 heteroatoms. The molecule has 1 unspecified atom stereocenters. The molecule has 39 heavy (non-hydrogen) atoms. The van der Waals surface area contributed by atoms with Gasteiger partial charge >= 0.3 is 12.4 Å². The predicted molar refractivity (Wildman–Crippen MR) is 127 cm³/mol. The number of quaternary nitrogens is 1. The Morgan fingerprint density at radius 1 is 1.00 bits per heavy atom. The molecule has 0 heterocycles. The van der Waals surface area contributed by atoms with Gasteiger partial charge in [0, 0.05) is 24.2 Å². The fourth-order valence-electron chi connectivity index (χ4n) is 4.86. The highest BCUT2D eigenvalue weighted by molar-refractivity contribution is 7.90. The topological polar surface area (TPSA) is 104 Å². The number of sulfone groups is 1. The molecule has 2 fully saturated rings. The highest BCUT2D eigenvalue weighted by Crippen LogP contribution is 2.52. The highest BCUT2D eigenvalue weighted by Gasteiger charge is 2.73. The van der Waals surface area contributed by atoms with E-state index >= 15 is 0 Å². The fraction of sp³-hybridized carbons (Fsp3) is 0.462. The van der Waals surface area contributed by atoms with Crippen molar-refractivity contribution in [2.45, 2.75) is 60.6 Å².